The molecule has 1 heterocycles. The average Bonchev–Trinajstić information content (AvgIpc) is 2.70. The van der Waals surface area contributed by atoms with Gasteiger partial charge in [0, 0.05) is 41.5 Å². The second kappa shape index (κ2) is 9.10. The Morgan fingerprint density at radius 1 is 1.22 bits per heavy atom. The molecule has 0 radical (unpaired) electrons. The molecule has 0 spiro atoms. The Bertz CT molecular complexity index is 775. The van der Waals surface area contributed by atoms with Gasteiger partial charge in [-0.15, -0.1) is 11.8 Å². The molecule has 2 aromatic rings. The van der Waals surface area contributed by atoms with Crippen molar-refractivity contribution in [2.75, 3.05) is 31.8 Å². The summed E-state index contributed by atoms with van der Waals surface area (Å²) < 4.78 is 5.35. The number of rotatable bonds is 7. The molecule has 1 fully saturated rings. The monoisotopic (exact) mass is 388 g/mol. The molecule has 0 saturated carbocycles. The Balaban J connectivity index is 1.56. The standard InChI is InChI=1S/C20H25N3O3S/c1-26-20-8-5-17(23(24)25)13-19(20)21-16-9-11-22(12-10-16)14-15-3-6-18(27-2)7-4-15/h3-8,13,16,21H,9-12,14H2,1-2H3/p+1. The minimum atomic E-state index is -0.375. The van der Waals surface area contributed by atoms with Crippen molar-refractivity contribution in [2.24, 2.45) is 0 Å². The summed E-state index contributed by atoms with van der Waals surface area (Å²) in [6.45, 7) is 3.21. The molecule has 7 heteroatoms. The van der Waals surface area contributed by atoms with Crippen LogP contribution < -0.4 is 15.0 Å². The fourth-order valence-corrected chi connectivity index (χ4v) is 3.93. The molecule has 3 rings (SSSR count). The predicted molar refractivity (Wildman–Crippen MR) is 109 cm³/mol. The first-order valence-electron chi connectivity index (χ1n) is 9.14. The largest absolute Gasteiger partial charge is 0.495 e. The summed E-state index contributed by atoms with van der Waals surface area (Å²) in [6, 6.07) is 13.8. The van der Waals surface area contributed by atoms with Gasteiger partial charge in [-0.3, -0.25) is 10.1 Å². The van der Waals surface area contributed by atoms with E-state index >= 15 is 0 Å². The lowest BCUT2D eigenvalue weighted by molar-refractivity contribution is -0.918. The van der Waals surface area contributed by atoms with E-state index in [-0.39, 0.29) is 10.6 Å². The number of piperidine rings is 1. The fraction of sp³-hybridized carbons (Fsp3) is 0.400. The Morgan fingerprint density at radius 2 is 1.93 bits per heavy atom. The molecule has 1 saturated heterocycles. The van der Waals surface area contributed by atoms with Crippen molar-refractivity contribution in [1.82, 2.24) is 0 Å². The van der Waals surface area contributed by atoms with Crippen molar-refractivity contribution >= 4 is 23.1 Å². The Hall–Kier alpha value is -2.25. The first-order valence-corrected chi connectivity index (χ1v) is 10.4. The van der Waals surface area contributed by atoms with Crippen molar-refractivity contribution in [3.05, 3.63) is 58.1 Å². The second-order valence-corrected chi connectivity index (χ2v) is 7.71. The van der Waals surface area contributed by atoms with Crippen LogP contribution in [-0.2, 0) is 6.54 Å². The number of non-ortho nitro benzene ring substituents is 1. The van der Waals surface area contributed by atoms with Gasteiger partial charge in [-0.05, 0) is 24.5 Å². The molecule has 2 N–H and O–H groups in total. The lowest BCUT2D eigenvalue weighted by atomic mass is 10.0. The molecule has 1 aliphatic rings. The number of anilines is 1. The number of nitrogens with one attached hydrogen (secondary N) is 2. The molecular weight excluding hydrogens is 362 g/mol. The number of ether oxygens (including phenoxy) is 1. The van der Waals surface area contributed by atoms with E-state index in [0.717, 1.165) is 32.5 Å². The molecule has 0 aliphatic carbocycles. The molecule has 27 heavy (non-hydrogen) atoms. The molecule has 2 aromatic carbocycles. The number of nitrogens with zero attached hydrogens (tertiary/aromatic N) is 1. The SMILES string of the molecule is COc1ccc([N+](=O)[O-])cc1NC1CC[NH+](Cc2ccc(SC)cc2)CC1. The number of hydrogen-bond acceptors (Lipinski definition) is 5. The average molecular weight is 389 g/mol. The summed E-state index contributed by atoms with van der Waals surface area (Å²) in [4.78, 5) is 13.5. The van der Waals surface area contributed by atoms with Crippen LogP contribution in [0.2, 0.25) is 0 Å². The van der Waals surface area contributed by atoms with E-state index in [0.29, 0.717) is 17.5 Å². The van der Waals surface area contributed by atoms with E-state index in [1.54, 1.807) is 35.9 Å². The van der Waals surface area contributed by atoms with Gasteiger partial charge in [0.05, 0.1) is 30.8 Å². The molecule has 0 atom stereocenters. The third-order valence-electron chi connectivity index (χ3n) is 5.06. The topological polar surface area (TPSA) is 68.8 Å². The minimum absolute atomic E-state index is 0.0788. The predicted octanol–water partition coefficient (Wildman–Crippen LogP) is 2.98. The summed E-state index contributed by atoms with van der Waals surface area (Å²) in [7, 11) is 1.58. The van der Waals surface area contributed by atoms with E-state index in [9.17, 15) is 10.1 Å². The van der Waals surface area contributed by atoms with Gasteiger partial charge in [0.15, 0.2) is 0 Å². The highest BCUT2D eigenvalue weighted by Gasteiger charge is 2.23. The molecule has 6 nitrogen and oxygen atoms in total. The molecule has 0 bridgehead atoms. The normalized spacial score (nSPS) is 19.5. The van der Waals surface area contributed by atoms with E-state index in [1.807, 2.05) is 0 Å². The number of likely N-dealkylation sites (tertiary alicyclic amines) is 1. The van der Waals surface area contributed by atoms with Crippen LogP contribution in [0, 0.1) is 10.1 Å². The summed E-state index contributed by atoms with van der Waals surface area (Å²) in [5.74, 6) is 0.643. The molecule has 0 amide bonds. The van der Waals surface area contributed by atoms with Gasteiger partial charge in [-0.2, -0.15) is 0 Å². The van der Waals surface area contributed by atoms with Crippen molar-refractivity contribution in [3.63, 3.8) is 0 Å². The maximum atomic E-state index is 11.0. The number of benzene rings is 2. The number of nitro groups is 1. The first-order chi connectivity index (χ1) is 13.1. The van der Waals surface area contributed by atoms with E-state index in [2.05, 4.69) is 35.8 Å². The minimum Gasteiger partial charge on any atom is -0.495 e. The first kappa shape index (κ1) is 19.5. The fourth-order valence-electron chi connectivity index (χ4n) is 3.52. The Labute approximate surface area is 164 Å². The summed E-state index contributed by atoms with van der Waals surface area (Å²) in [6.07, 6.45) is 4.16. The van der Waals surface area contributed by atoms with Crippen molar-refractivity contribution in [3.8, 4) is 5.75 Å². The molecule has 0 unspecified atom stereocenters. The van der Waals surface area contributed by atoms with Gasteiger partial charge in [-0.25, -0.2) is 0 Å². The number of nitro benzene ring substituents is 1. The maximum absolute atomic E-state index is 11.0. The van der Waals surface area contributed by atoms with Crippen LogP contribution >= 0.6 is 11.8 Å². The van der Waals surface area contributed by atoms with Gasteiger partial charge in [0.1, 0.15) is 12.3 Å². The Kier molecular flexibility index (Phi) is 6.58. The summed E-state index contributed by atoms with van der Waals surface area (Å²) in [5, 5.41) is 14.5. The number of thioether (sulfide) groups is 1. The van der Waals surface area contributed by atoms with Gasteiger partial charge in [0.2, 0.25) is 0 Å². The molecule has 0 aromatic heterocycles. The van der Waals surface area contributed by atoms with E-state index < -0.39 is 0 Å². The second-order valence-electron chi connectivity index (χ2n) is 6.84. The van der Waals surface area contributed by atoms with Gasteiger partial charge in [-0.1, -0.05) is 12.1 Å². The van der Waals surface area contributed by atoms with Crippen LogP contribution in [0.5, 0.6) is 5.75 Å². The van der Waals surface area contributed by atoms with Crippen LogP contribution in [0.4, 0.5) is 11.4 Å². The van der Waals surface area contributed by atoms with E-state index in [1.165, 1.54) is 16.5 Å². The zero-order valence-electron chi connectivity index (χ0n) is 15.7. The van der Waals surface area contributed by atoms with Gasteiger partial charge in [0.25, 0.3) is 5.69 Å². The van der Waals surface area contributed by atoms with Crippen LogP contribution in [0.1, 0.15) is 18.4 Å². The van der Waals surface area contributed by atoms with E-state index in [4.69, 9.17) is 4.74 Å². The van der Waals surface area contributed by atoms with Crippen LogP contribution in [0.15, 0.2) is 47.4 Å². The highest BCUT2D eigenvalue weighted by Crippen LogP contribution is 2.30. The highest BCUT2D eigenvalue weighted by atomic mass is 32.2. The molecule has 144 valence electrons. The number of quaternary nitrogens is 1. The van der Waals surface area contributed by atoms with Gasteiger partial charge < -0.3 is 15.0 Å². The van der Waals surface area contributed by atoms with Crippen LogP contribution in [0.25, 0.3) is 0 Å². The van der Waals surface area contributed by atoms with Crippen molar-refractivity contribution in [1.29, 1.82) is 0 Å². The third kappa shape index (κ3) is 5.14. The lowest BCUT2D eigenvalue weighted by Gasteiger charge is -2.30. The number of methoxy groups -OCH3 is 1. The van der Waals surface area contributed by atoms with Crippen molar-refractivity contribution in [2.45, 2.75) is 30.3 Å². The lowest BCUT2D eigenvalue weighted by Crippen LogP contribution is -3.12. The van der Waals surface area contributed by atoms with Crippen molar-refractivity contribution < 1.29 is 14.6 Å². The quantitative estimate of drug-likeness (QED) is 0.434. The third-order valence-corrected chi connectivity index (χ3v) is 5.80. The van der Waals surface area contributed by atoms with Gasteiger partial charge >= 0.3 is 0 Å². The molecule has 1 aliphatic heterocycles. The zero-order chi connectivity index (χ0) is 19.2. The van der Waals surface area contributed by atoms with Crippen LogP contribution in [-0.4, -0.2) is 37.4 Å². The maximum Gasteiger partial charge on any atom is 0.271 e. The number of hydrogen-bond donors (Lipinski definition) is 2. The zero-order valence-corrected chi connectivity index (χ0v) is 16.6. The smallest absolute Gasteiger partial charge is 0.271 e. The summed E-state index contributed by atoms with van der Waals surface area (Å²) in [5.41, 5.74) is 2.15. The molecular formula is C20H26N3O3S+. The highest BCUT2D eigenvalue weighted by molar-refractivity contribution is 7.98. The summed E-state index contributed by atoms with van der Waals surface area (Å²) >= 11 is 1.76. The van der Waals surface area contributed by atoms with Crippen LogP contribution in [0.3, 0.4) is 0 Å². The Morgan fingerprint density at radius 3 is 2.52 bits per heavy atom.